The van der Waals surface area contributed by atoms with Crippen molar-refractivity contribution in [2.45, 2.75) is 39.8 Å². The van der Waals surface area contributed by atoms with Crippen molar-refractivity contribution in [2.24, 2.45) is 12.0 Å². The number of hydrogen-bond acceptors (Lipinski definition) is 2. The minimum absolute atomic E-state index is 0. The summed E-state index contributed by atoms with van der Waals surface area (Å²) in [5.41, 5.74) is 1.25. The molecule has 26 heavy (non-hydrogen) atoms. The summed E-state index contributed by atoms with van der Waals surface area (Å²) in [6, 6.07) is 2.15. The summed E-state index contributed by atoms with van der Waals surface area (Å²) in [6.07, 6.45) is 8.14. The number of hydrogen-bond donors (Lipinski definition) is 1. The molecule has 146 valence electrons. The first-order valence-corrected chi connectivity index (χ1v) is 9.58. The number of aryl methyl sites for hydroxylation is 3. The minimum Gasteiger partial charge on any atom is -0.357 e. The van der Waals surface area contributed by atoms with Gasteiger partial charge < -0.3 is 19.4 Å². The molecule has 0 saturated heterocycles. The number of rotatable bonds is 8. The molecule has 2 aromatic rings. The first-order valence-electron chi connectivity index (χ1n) is 8.79. The van der Waals surface area contributed by atoms with Crippen LogP contribution >= 0.6 is 39.9 Å². The van der Waals surface area contributed by atoms with E-state index in [1.165, 1.54) is 5.69 Å². The van der Waals surface area contributed by atoms with Crippen LogP contribution in [0.1, 0.15) is 31.3 Å². The lowest BCUT2D eigenvalue weighted by Gasteiger charge is -2.22. The molecule has 2 aromatic heterocycles. The molecule has 2 rings (SSSR count). The number of nitrogens with zero attached hydrogens (tertiary/aromatic N) is 5. The third-order valence-electron chi connectivity index (χ3n) is 4.16. The van der Waals surface area contributed by atoms with E-state index in [2.05, 4.69) is 73.5 Å². The number of aliphatic imine (C=N–C) groups is 1. The van der Waals surface area contributed by atoms with Gasteiger partial charge in [0.1, 0.15) is 5.82 Å². The molecule has 0 atom stereocenters. The van der Waals surface area contributed by atoms with Crippen LogP contribution in [0.5, 0.6) is 0 Å². The van der Waals surface area contributed by atoms with Gasteiger partial charge in [-0.15, -0.1) is 24.0 Å². The lowest BCUT2D eigenvalue weighted by atomic mass is 10.3. The van der Waals surface area contributed by atoms with E-state index >= 15 is 0 Å². The van der Waals surface area contributed by atoms with Crippen molar-refractivity contribution in [3.8, 4) is 0 Å². The smallest absolute Gasteiger partial charge is 0.194 e. The van der Waals surface area contributed by atoms with E-state index in [0.717, 1.165) is 55.3 Å². The quantitative estimate of drug-likeness (QED) is 0.242. The Kier molecular flexibility index (Phi) is 10.3. The van der Waals surface area contributed by atoms with Crippen molar-refractivity contribution in [3.05, 3.63) is 40.6 Å². The van der Waals surface area contributed by atoms with Crippen molar-refractivity contribution in [1.82, 2.24) is 24.3 Å². The van der Waals surface area contributed by atoms with E-state index < -0.39 is 0 Å². The summed E-state index contributed by atoms with van der Waals surface area (Å²) in [4.78, 5) is 11.2. The first-order chi connectivity index (χ1) is 12.0. The zero-order valence-electron chi connectivity index (χ0n) is 16.1. The molecule has 2 heterocycles. The number of nitrogens with one attached hydrogen (secondary N) is 1. The second-order valence-corrected chi connectivity index (χ2v) is 7.14. The van der Waals surface area contributed by atoms with E-state index in [4.69, 9.17) is 4.99 Å². The fourth-order valence-corrected chi connectivity index (χ4v) is 3.30. The van der Waals surface area contributed by atoms with Crippen LogP contribution in [0.2, 0.25) is 0 Å². The van der Waals surface area contributed by atoms with Gasteiger partial charge in [0.2, 0.25) is 0 Å². The molecule has 6 nitrogen and oxygen atoms in total. The van der Waals surface area contributed by atoms with Crippen LogP contribution in [0.15, 0.2) is 34.1 Å². The monoisotopic (exact) mass is 536 g/mol. The van der Waals surface area contributed by atoms with Crippen LogP contribution in [0, 0.1) is 6.92 Å². The van der Waals surface area contributed by atoms with Crippen molar-refractivity contribution in [1.29, 1.82) is 0 Å². The molecule has 0 bridgehead atoms. The van der Waals surface area contributed by atoms with Crippen LogP contribution in [0.3, 0.4) is 0 Å². The molecule has 0 spiro atoms. The van der Waals surface area contributed by atoms with Crippen LogP contribution < -0.4 is 5.32 Å². The highest BCUT2D eigenvalue weighted by Gasteiger charge is 2.09. The molecular formula is C18H30BrIN6. The maximum atomic E-state index is 4.77. The Morgan fingerprint density at radius 3 is 2.73 bits per heavy atom. The van der Waals surface area contributed by atoms with Gasteiger partial charge in [-0.1, -0.05) is 0 Å². The first kappa shape index (κ1) is 23.0. The number of aromatic nitrogens is 3. The third kappa shape index (κ3) is 6.94. The molecule has 0 aromatic carbocycles. The van der Waals surface area contributed by atoms with Gasteiger partial charge in [0.05, 0.1) is 6.54 Å². The molecular weight excluding hydrogens is 507 g/mol. The lowest BCUT2D eigenvalue weighted by Crippen LogP contribution is -2.38. The van der Waals surface area contributed by atoms with Gasteiger partial charge in [0, 0.05) is 62.5 Å². The van der Waals surface area contributed by atoms with E-state index in [0.29, 0.717) is 0 Å². The Morgan fingerprint density at radius 1 is 1.38 bits per heavy atom. The second kappa shape index (κ2) is 11.6. The largest absolute Gasteiger partial charge is 0.357 e. The second-order valence-electron chi connectivity index (χ2n) is 6.23. The van der Waals surface area contributed by atoms with Gasteiger partial charge >= 0.3 is 0 Å². The lowest BCUT2D eigenvalue weighted by molar-refractivity contribution is 0.461. The minimum atomic E-state index is 0. The SMILES string of the molecule is CCNC(=NCCCCn1ccnc1C)N(C)Cc1cc(Br)cn1C.I. The molecule has 0 aliphatic heterocycles. The fourth-order valence-electron chi connectivity index (χ4n) is 2.73. The summed E-state index contributed by atoms with van der Waals surface area (Å²) in [5.74, 6) is 2.03. The van der Waals surface area contributed by atoms with Gasteiger partial charge in [-0.3, -0.25) is 4.99 Å². The number of halogens is 2. The average Bonchev–Trinajstić information content (AvgIpc) is 3.11. The predicted molar refractivity (Wildman–Crippen MR) is 122 cm³/mol. The van der Waals surface area contributed by atoms with Crippen LogP contribution in [0.4, 0.5) is 0 Å². The van der Waals surface area contributed by atoms with E-state index in [9.17, 15) is 0 Å². The van der Waals surface area contributed by atoms with Crippen LogP contribution in [-0.2, 0) is 20.1 Å². The number of unbranched alkanes of at least 4 members (excludes halogenated alkanes) is 1. The highest BCUT2D eigenvalue weighted by atomic mass is 127. The Labute approximate surface area is 182 Å². The highest BCUT2D eigenvalue weighted by molar-refractivity contribution is 14.0. The van der Waals surface area contributed by atoms with Gasteiger partial charge in [0.15, 0.2) is 5.96 Å². The molecule has 0 aliphatic carbocycles. The van der Waals surface area contributed by atoms with Gasteiger partial charge in [0.25, 0.3) is 0 Å². The van der Waals surface area contributed by atoms with E-state index in [-0.39, 0.29) is 24.0 Å². The van der Waals surface area contributed by atoms with Crippen molar-refractivity contribution < 1.29 is 0 Å². The summed E-state index contributed by atoms with van der Waals surface area (Å²) in [7, 11) is 4.15. The molecule has 0 amide bonds. The summed E-state index contributed by atoms with van der Waals surface area (Å²) < 4.78 is 5.43. The highest BCUT2D eigenvalue weighted by Crippen LogP contribution is 2.15. The molecule has 1 N–H and O–H groups in total. The van der Waals surface area contributed by atoms with E-state index in [1.807, 2.05) is 19.3 Å². The molecule has 0 radical (unpaired) electrons. The zero-order chi connectivity index (χ0) is 18.2. The third-order valence-corrected chi connectivity index (χ3v) is 4.60. The molecule has 0 saturated carbocycles. The van der Waals surface area contributed by atoms with Gasteiger partial charge in [-0.2, -0.15) is 0 Å². The standard InChI is InChI=1S/C18H29BrN6.HI/c1-5-20-18(24(4)14-17-12-16(19)13-23(17)3)22-8-6-7-10-25-11-9-21-15(25)2;/h9,11-13H,5-8,10,14H2,1-4H3,(H,20,22);1H. The zero-order valence-corrected chi connectivity index (χ0v) is 20.0. The number of guanidine groups is 1. The van der Waals surface area contributed by atoms with Gasteiger partial charge in [-0.05, 0) is 48.7 Å². The Bertz CT molecular complexity index is 694. The molecule has 0 unspecified atom stereocenters. The Balaban J connectivity index is 0.00000338. The van der Waals surface area contributed by atoms with Crippen molar-refractivity contribution >= 4 is 45.9 Å². The molecule has 0 aliphatic rings. The summed E-state index contributed by atoms with van der Waals surface area (Å²) in [6.45, 7) is 7.67. The molecule has 8 heteroatoms. The number of imidazole rings is 1. The normalized spacial score (nSPS) is 11.3. The Hall–Kier alpha value is -1.03. The maximum Gasteiger partial charge on any atom is 0.194 e. The Morgan fingerprint density at radius 2 is 2.15 bits per heavy atom. The van der Waals surface area contributed by atoms with Crippen molar-refractivity contribution in [2.75, 3.05) is 20.1 Å². The van der Waals surface area contributed by atoms with Crippen LogP contribution in [0.25, 0.3) is 0 Å². The summed E-state index contributed by atoms with van der Waals surface area (Å²) >= 11 is 3.53. The fraction of sp³-hybridized carbons (Fsp3) is 0.556. The van der Waals surface area contributed by atoms with Crippen LogP contribution in [-0.4, -0.2) is 45.1 Å². The van der Waals surface area contributed by atoms with E-state index in [1.54, 1.807) is 0 Å². The topological polar surface area (TPSA) is 50.4 Å². The molecule has 0 fully saturated rings. The summed E-state index contributed by atoms with van der Waals surface area (Å²) in [5, 5.41) is 3.38. The van der Waals surface area contributed by atoms with Gasteiger partial charge in [-0.25, -0.2) is 4.98 Å². The maximum absolute atomic E-state index is 4.77. The average molecular weight is 537 g/mol. The predicted octanol–water partition coefficient (Wildman–Crippen LogP) is 3.79. The van der Waals surface area contributed by atoms with Crippen molar-refractivity contribution in [3.63, 3.8) is 0 Å².